The molecule has 17 heteroatoms. The second-order valence-corrected chi connectivity index (χ2v) is 20.4. The molecule has 15 atom stereocenters. The van der Waals surface area contributed by atoms with Crippen molar-refractivity contribution in [3.05, 3.63) is 53.9 Å². The zero-order valence-corrected chi connectivity index (χ0v) is 43.6. The van der Waals surface area contributed by atoms with Gasteiger partial charge in [0, 0.05) is 65.4 Å². The number of hydrogen-bond donors (Lipinski definition) is 2. The number of aromatic nitrogens is 4. The SMILES string of the molecule is COC1CC(C[C@@H](C)[C@H](CC(=O)C(C)/C=C(\C)[C@@H](O)C(OC)C(=O)C(C)C[C@H](C)/C=C/C=C/C=C(\C)[C@H](C[C@@H]2CCC(C)C(O)O2)OC)OC(=O)C2CCCCN2C(=O)C(C)=O)CCC1n1cnnn1. The summed E-state index contributed by atoms with van der Waals surface area (Å²) >= 11 is 0. The van der Waals surface area contributed by atoms with Gasteiger partial charge in [-0.05, 0) is 117 Å². The predicted octanol–water partition coefficient (Wildman–Crippen LogP) is 6.68. The van der Waals surface area contributed by atoms with Crippen LogP contribution < -0.4 is 0 Å². The second kappa shape index (κ2) is 28.7. The number of tetrazole rings is 1. The Balaban J connectivity index is 1.38. The van der Waals surface area contributed by atoms with Crippen molar-refractivity contribution < 1.29 is 57.9 Å². The van der Waals surface area contributed by atoms with Crippen LogP contribution in [-0.2, 0) is 47.7 Å². The van der Waals surface area contributed by atoms with E-state index in [0.29, 0.717) is 50.5 Å². The molecule has 2 N–H and O–H groups in total. The summed E-state index contributed by atoms with van der Waals surface area (Å²) in [5.74, 6) is -3.59. The number of likely N-dealkylation sites (tertiary alicyclic amines) is 1. The fourth-order valence-electron chi connectivity index (χ4n) is 10.3. The van der Waals surface area contributed by atoms with Gasteiger partial charge < -0.3 is 38.8 Å². The molecular formula is C53H83N5O12. The van der Waals surface area contributed by atoms with Gasteiger partial charge in [0.05, 0.1) is 24.4 Å². The average molecular weight is 982 g/mol. The highest BCUT2D eigenvalue weighted by atomic mass is 16.6. The summed E-state index contributed by atoms with van der Waals surface area (Å²) in [7, 11) is 4.72. The highest BCUT2D eigenvalue weighted by molar-refractivity contribution is 6.35. The molecule has 3 aliphatic rings. The lowest BCUT2D eigenvalue weighted by Crippen LogP contribution is -2.51. The fraction of sp³-hybridized carbons (Fsp3) is 0.736. The molecule has 1 saturated carbocycles. The Hall–Kier alpha value is -4.26. The van der Waals surface area contributed by atoms with Crippen molar-refractivity contribution in [2.75, 3.05) is 27.9 Å². The first-order valence-corrected chi connectivity index (χ1v) is 25.4. The van der Waals surface area contributed by atoms with E-state index in [4.69, 9.17) is 23.7 Å². The molecule has 4 rings (SSSR count). The topological polar surface area (TPSA) is 219 Å². The third-order valence-electron chi connectivity index (χ3n) is 14.8. The third kappa shape index (κ3) is 16.9. The zero-order valence-electron chi connectivity index (χ0n) is 43.6. The van der Waals surface area contributed by atoms with Crippen molar-refractivity contribution in [3.63, 3.8) is 0 Å². The van der Waals surface area contributed by atoms with Crippen molar-refractivity contribution in [2.24, 2.45) is 35.5 Å². The molecule has 1 amide bonds. The van der Waals surface area contributed by atoms with Crippen LogP contribution in [0.3, 0.4) is 0 Å². The molecule has 3 fully saturated rings. The molecule has 0 spiro atoms. The molecule has 1 aliphatic carbocycles. The summed E-state index contributed by atoms with van der Waals surface area (Å²) < 4.78 is 30.9. The van der Waals surface area contributed by atoms with Gasteiger partial charge in [-0.25, -0.2) is 9.48 Å². The molecule has 17 nitrogen and oxygen atoms in total. The molecule has 0 aromatic carbocycles. The average Bonchev–Trinajstić information content (AvgIpc) is 3.88. The van der Waals surface area contributed by atoms with Crippen molar-refractivity contribution in [1.29, 1.82) is 0 Å². The highest BCUT2D eigenvalue weighted by Gasteiger charge is 2.40. The zero-order chi connectivity index (χ0) is 51.7. The lowest BCUT2D eigenvalue weighted by atomic mass is 9.77. The van der Waals surface area contributed by atoms with Gasteiger partial charge in [0.1, 0.15) is 36.5 Å². The number of esters is 1. The van der Waals surface area contributed by atoms with Crippen LogP contribution in [0, 0.1) is 35.5 Å². The second-order valence-electron chi connectivity index (χ2n) is 20.4. The van der Waals surface area contributed by atoms with Crippen LogP contribution in [0.25, 0.3) is 0 Å². The molecule has 2 saturated heterocycles. The standard InChI is InChI=1S/C53H83N5O12/c1-32(17-13-12-14-18-33(2)45(66-9)29-41-22-20-34(3)52(64)69-41)25-37(6)48(61)50(68-11)49(62)38(7)26-35(4)44(60)30-46(70-53(65)43-19-15-16-24-57(43)51(63)39(8)59)36(5)27-40-21-23-42(47(28-40)67-10)58-31-54-55-56-58/h12-14,17-18,26,31-32,34-37,40-43,45-47,49-50,52,62,64H,15-16,19-25,27-30H2,1-11H3/b14-12+,17-13+,33-18+,38-26+/t32-,34?,35?,36-,37?,40?,41+,42?,43?,45+,46+,47?,49-,50?,52?/m1/s1. The van der Waals surface area contributed by atoms with E-state index >= 15 is 0 Å². The third-order valence-corrected chi connectivity index (χ3v) is 14.8. The van der Waals surface area contributed by atoms with Crippen LogP contribution in [-0.4, -0.2) is 141 Å². The van der Waals surface area contributed by atoms with Crippen LogP contribution in [0.1, 0.15) is 138 Å². The number of ketones is 3. The van der Waals surface area contributed by atoms with Crippen molar-refractivity contribution in [1.82, 2.24) is 25.1 Å². The van der Waals surface area contributed by atoms with Gasteiger partial charge in [-0.1, -0.05) is 71.1 Å². The molecule has 1 aromatic heterocycles. The van der Waals surface area contributed by atoms with Gasteiger partial charge >= 0.3 is 5.97 Å². The molecule has 70 heavy (non-hydrogen) atoms. The van der Waals surface area contributed by atoms with E-state index in [-0.39, 0.29) is 72.6 Å². The first-order valence-electron chi connectivity index (χ1n) is 25.4. The van der Waals surface area contributed by atoms with E-state index in [1.807, 2.05) is 65.0 Å². The number of ether oxygens (including phenoxy) is 5. The Kier molecular flexibility index (Phi) is 23.9. The quantitative estimate of drug-likeness (QED) is 0.0428. The number of rotatable bonds is 26. The van der Waals surface area contributed by atoms with Gasteiger partial charge in [-0.2, -0.15) is 0 Å². The first kappa shape index (κ1) is 58.3. The summed E-state index contributed by atoms with van der Waals surface area (Å²) in [6.07, 6.45) is 16.2. The lowest BCUT2D eigenvalue weighted by molar-refractivity contribution is -0.195. The summed E-state index contributed by atoms with van der Waals surface area (Å²) in [6.45, 7) is 14.6. The minimum Gasteiger partial charge on any atom is -0.460 e. The fourth-order valence-corrected chi connectivity index (χ4v) is 10.3. The Morgan fingerprint density at radius 1 is 0.900 bits per heavy atom. The number of nitrogens with zero attached hydrogens (tertiary/aromatic N) is 5. The largest absolute Gasteiger partial charge is 0.460 e. The smallest absolute Gasteiger partial charge is 0.329 e. The molecule has 1 aromatic rings. The number of methoxy groups -OCH3 is 3. The van der Waals surface area contributed by atoms with E-state index in [9.17, 15) is 34.2 Å². The number of amides is 1. The number of hydrogen-bond acceptors (Lipinski definition) is 15. The molecule has 2 aliphatic heterocycles. The van der Waals surface area contributed by atoms with E-state index in [0.717, 1.165) is 31.3 Å². The molecule has 9 unspecified atom stereocenters. The maximum Gasteiger partial charge on any atom is 0.329 e. The summed E-state index contributed by atoms with van der Waals surface area (Å²) in [5.41, 5.74) is 1.44. The molecule has 392 valence electrons. The van der Waals surface area contributed by atoms with Gasteiger partial charge in [0.15, 0.2) is 12.1 Å². The maximum absolute atomic E-state index is 14.1. The van der Waals surface area contributed by atoms with Gasteiger partial charge in [0.2, 0.25) is 5.78 Å². The Morgan fingerprint density at radius 2 is 1.64 bits per heavy atom. The van der Waals surface area contributed by atoms with Gasteiger partial charge in [0.25, 0.3) is 5.91 Å². The van der Waals surface area contributed by atoms with Crippen LogP contribution in [0.4, 0.5) is 0 Å². The minimum atomic E-state index is -1.31. The number of carbonyl (C=O) groups is 5. The van der Waals surface area contributed by atoms with E-state index in [1.54, 1.807) is 45.2 Å². The van der Waals surface area contributed by atoms with E-state index in [2.05, 4.69) is 15.5 Å². The monoisotopic (exact) mass is 982 g/mol. The number of piperidine rings is 1. The van der Waals surface area contributed by atoms with Crippen molar-refractivity contribution >= 4 is 29.2 Å². The highest BCUT2D eigenvalue weighted by Crippen LogP contribution is 2.38. The Morgan fingerprint density at radius 3 is 2.29 bits per heavy atom. The predicted molar refractivity (Wildman–Crippen MR) is 263 cm³/mol. The van der Waals surface area contributed by atoms with Crippen molar-refractivity contribution in [3.8, 4) is 0 Å². The number of aliphatic hydroxyl groups excluding tert-OH is 2. The minimum absolute atomic E-state index is 0.0250. The molecule has 0 radical (unpaired) electrons. The first-order chi connectivity index (χ1) is 33.3. The van der Waals surface area contributed by atoms with Gasteiger partial charge in [-0.15, -0.1) is 5.10 Å². The Labute approximate surface area is 415 Å². The summed E-state index contributed by atoms with van der Waals surface area (Å²) in [6, 6.07) is -0.958. The number of aliphatic hydroxyl groups is 2. The summed E-state index contributed by atoms with van der Waals surface area (Å²) in [4.78, 5) is 68.1. The normalized spacial score (nSPS) is 27.3. The van der Waals surface area contributed by atoms with Crippen LogP contribution in [0.15, 0.2) is 53.9 Å². The Bertz CT molecular complexity index is 1970. The lowest BCUT2D eigenvalue weighted by Gasteiger charge is -2.38. The van der Waals surface area contributed by atoms with Crippen LogP contribution in [0.2, 0.25) is 0 Å². The van der Waals surface area contributed by atoms with Crippen LogP contribution >= 0.6 is 0 Å². The molecule has 3 heterocycles. The molecule has 0 bridgehead atoms. The number of allylic oxidation sites excluding steroid dienone is 6. The number of Topliss-reactive ketones (excluding diaryl/α,β-unsaturated/α-hetero) is 3. The van der Waals surface area contributed by atoms with Gasteiger partial charge in [-0.3, -0.25) is 19.2 Å². The maximum atomic E-state index is 14.1. The van der Waals surface area contributed by atoms with E-state index < -0.39 is 60.1 Å². The number of carbonyl (C=O) groups excluding carboxylic acids is 5. The van der Waals surface area contributed by atoms with Crippen LogP contribution in [0.5, 0.6) is 0 Å². The van der Waals surface area contributed by atoms with E-state index in [1.165, 1.54) is 18.9 Å². The van der Waals surface area contributed by atoms with Crippen molar-refractivity contribution in [2.45, 2.75) is 187 Å². The summed E-state index contributed by atoms with van der Waals surface area (Å²) in [5, 5.41) is 33.3. The molecular weight excluding hydrogens is 899 g/mol.